The van der Waals surface area contributed by atoms with Gasteiger partial charge in [-0.15, -0.1) is 0 Å². The van der Waals surface area contributed by atoms with Crippen molar-refractivity contribution in [3.05, 3.63) is 12.2 Å². The maximum Gasteiger partial charge on any atom is 0.330 e. The van der Waals surface area contributed by atoms with Crippen LogP contribution in [-0.2, 0) is 14.3 Å². The van der Waals surface area contributed by atoms with Gasteiger partial charge >= 0.3 is 5.97 Å². The molecule has 0 rings (SSSR count). The van der Waals surface area contributed by atoms with Crippen molar-refractivity contribution in [1.29, 1.82) is 0 Å². The van der Waals surface area contributed by atoms with Crippen molar-refractivity contribution < 1.29 is 14.3 Å². The zero-order valence-corrected chi connectivity index (χ0v) is 6.09. The van der Waals surface area contributed by atoms with E-state index in [0.29, 0.717) is 0 Å². The fourth-order valence-corrected chi connectivity index (χ4v) is 0.357. The molecule has 3 nitrogen and oxygen atoms in total. The molecule has 0 radical (unpaired) electrons. The fourth-order valence-electron chi connectivity index (χ4n) is 0.357. The van der Waals surface area contributed by atoms with Gasteiger partial charge in [0, 0.05) is 6.08 Å². The highest BCUT2D eigenvalue weighted by Gasteiger charge is 1.97. The third-order valence-electron chi connectivity index (χ3n) is 0.720. The first-order chi connectivity index (χ1) is 4.66. The summed E-state index contributed by atoms with van der Waals surface area (Å²) in [6.07, 6.45) is 2.82. The number of ether oxygens (including phenoxy) is 1. The van der Waals surface area contributed by atoms with Gasteiger partial charge in [-0.1, -0.05) is 6.08 Å². The second-order valence-corrected chi connectivity index (χ2v) is 1.81. The number of Topliss-reactive ketones (excluding diaryl/α,β-unsaturated/α-hetero) is 1. The Morgan fingerprint density at radius 3 is 2.50 bits per heavy atom. The van der Waals surface area contributed by atoms with Crippen LogP contribution in [0.4, 0.5) is 0 Å². The molecule has 0 fully saturated rings. The van der Waals surface area contributed by atoms with Gasteiger partial charge in [-0.05, 0) is 13.8 Å². The van der Waals surface area contributed by atoms with Crippen LogP contribution in [0.3, 0.4) is 0 Å². The Hall–Kier alpha value is -1.12. The minimum absolute atomic E-state index is 0.136. The van der Waals surface area contributed by atoms with Crippen LogP contribution in [0.25, 0.3) is 0 Å². The summed E-state index contributed by atoms with van der Waals surface area (Å²) < 4.78 is 4.47. The average molecular weight is 142 g/mol. The van der Waals surface area contributed by atoms with E-state index in [4.69, 9.17) is 0 Å². The highest BCUT2D eigenvalue weighted by Crippen LogP contribution is 1.81. The van der Waals surface area contributed by atoms with E-state index in [0.717, 1.165) is 0 Å². The Kier molecular flexibility index (Phi) is 4.20. The summed E-state index contributed by atoms with van der Waals surface area (Å²) in [4.78, 5) is 20.7. The van der Waals surface area contributed by atoms with Crippen molar-refractivity contribution in [2.45, 2.75) is 13.8 Å². The minimum atomic E-state index is -0.474. The van der Waals surface area contributed by atoms with Crippen LogP contribution in [0.2, 0.25) is 0 Å². The Morgan fingerprint density at radius 1 is 1.50 bits per heavy atom. The summed E-state index contributed by atoms with van der Waals surface area (Å²) >= 11 is 0. The summed E-state index contributed by atoms with van der Waals surface area (Å²) in [6.45, 7) is 2.93. The molecule has 0 aliphatic carbocycles. The second kappa shape index (κ2) is 4.73. The van der Waals surface area contributed by atoms with Gasteiger partial charge in [-0.3, -0.25) is 4.79 Å². The maximum atomic E-state index is 10.5. The van der Waals surface area contributed by atoms with Gasteiger partial charge < -0.3 is 4.74 Å². The van der Waals surface area contributed by atoms with E-state index in [1.54, 1.807) is 13.0 Å². The van der Waals surface area contributed by atoms with Crippen molar-refractivity contribution in [3.8, 4) is 0 Å². The maximum absolute atomic E-state index is 10.5. The van der Waals surface area contributed by atoms with Crippen molar-refractivity contribution in [3.63, 3.8) is 0 Å². The Labute approximate surface area is 59.7 Å². The van der Waals surface area contributed by atoms with Gasteiger partial charge in [0.15, 0.2) is 5.78 Å². The SMILES string of the molecule is C/C=C/C(=O)OCC(C)=O. The van der Waals surface area contributed by atoms with Crippen LogP contribution in [-0.4, -0.2) is 18.4 Å². The predicted octanol–water partition coefficient (Wildman–Crippen LogP) is 0.695. The van der Waals surface area contributed by atoms with Gasteiger partial charge in [0.2, 0.25) is 0 Å². The summed E-state index contributed by atoms with van der Waals surface area (Å²) in [6, 6.07) is 0. The van der Waals surface area contributed by atoms with Crippen LogP contribution in [0, 0.1) is 0 Å². The summed E-state index contributed by atoms with van der Waals surface area (Å²) in [5, 5.41) is 0. The lowest BCUT2D eigenvalue weighted by Crippen LogP contribution is -2.08. The number of rotatable bonds is 3. The van der Waals surface area contributed by atoms with Gasteiger partial charge in [-0.2, -0.15) is 0 Å². The molecule has 0 unspecified atom stereocenters. The van der Waals surface area contributed by atoms with Gasteiger partial charge in [0.1, 0.15) is 6.61 Å². The lowest BCUT2D eigenvalue weighted by Gasteiger charge is -1.95. The number of esters is 1. The number of allylic oxidation sites excluding steroid dienone is 1. The second-order valence-electron chi connectivity index (χ2n) is 1.81. The number of carbonyl (C=O) groups excluding carboxylic acids is 2. The molecular weight excluding hydrogens is 132 g/mol. The monoisotopic (exact) mass is 142 g/mol. The number of ketones is 1. The lowest BCUT2D eigenvalue weighted by atomic mass is 10.5. The van der Waals surface area contributed by atoms with E-state index < -0.39 is 5.97 Å². The molecule has 0 aliphatic heterocycles. The topological polar surface area (TPSA) is 43.4 Å². The van der Waals surface area contributed by atoms with Gasteiger partial charge in [-0.25, -0.2) is 4.79 Å². The van der Waals surface area contributed by atoms with E-state index >= 15 is 0 Å². The lowest BCUT2D eigenvalue weighted by molar-refractivity contribution is -0.142. The molecular formula is C7H10O3. The van der Waals surface area contributed by atoms with E-state index in [-0.39, 0.29) is 12.4 Å². The molecule has 3 heteroatoms. The van der Waals surface area contributed by atoms with Gasteiger partial charge in [0.05, 0.1) is 0 Å². The third-order valence-corrected chi connectivity index (χ3v) is 0.720. The molecule has 0 bridgehead atoms. The van der Waals surface area contributed by atoms with Crippen LogP contribution < -0.4 is 0 Å². The molecule has 0 amide bonds. The van der Waals surface area contributed by atoms with Crippen LogP contribution in [0.5, 0.6) is 0 Å². The zero-order valence-electron chi connectivity index (χ0n) is 6.09. The summed E-state index contributed by atoms with van der Waals surface area (Å²) in [7, 11) is 0. The first-order valence-electron chi connectivity index (χ1n) is 2.95. The zero-order chi connectivity index (χ0) is 7.98. The molecule has 0 aromatic carbocycles. The fraction of sp³-hybridized carbons (Fsp3) is 0.429. The van der Waals surface area contributed by atoms with E-state index in [1.165, 1.54) is 13.0 Å². The molecule has 0 heterocycles. The summed E-state index contributed by atoms with van der Waals surface area (Å²) in [5.74, 6) is -0.629. The number of hydrogen-bond donors (Lipinski definition) is 0. The Balaban J connectivity index is 3.50. The van der Waals surface area contributed by atoms with Crippen molar-refractivity contribution in [2.75, 3.05) is 6.61 Å². The van der Waals surface area contributed by atoms with Crippen LogP contribution >= 0.6 is 0 Å². The van der Waals surface area contributed by atoms with Crippen LogP contribution in [0.1, 0.15) is 13.8 Å². The number of hydrogen-bond acceptors (Lipinski definition) is 3. The average Bonchev–Trinajstić information content (AvgIpc) is 1.85. The highest BCUT2D eigenvalue weighted by atomic mass is 16.5. The van der Waals surface area contributed by atoms with Crippen LogP contribution in [0.15, 0.2) is 12.2 Å². The molecule has 0 aromatic heterocycles. The molecule has 0 saturated heterocycles. The molecule has 0 aliphatic rings. The quantitative estimate of drug-likeness (QED) is 0.430. The van der Waals surface area contributed by atoms with E-state index in [1.807, 2.05) is 0 Å². The molecule has 0 aromatic rings. The molecule has 0 atom stereocenters. The van der Waals surface area contributed by atoms with Gasteiger partial charge in [0.25, 0.3) is 0 Å². The first-order valence-corrected chi connectivity index (χ1v) is 2.95. The third kappa shape index (κ3) is 5.03. The van der Waals surface area contributed by atoms with E-state index in [9.17, 15) is 9.59 Å². The van der Waals surface area contributed by atoms with Crippen molar-refractivity contribution >= 4 is 11.8 Å². The minimum Gasteiger partial charge on any atom is -0.455 e. The first kappa shape index (κ1) is 8.88. The van der Waals surface area contributed by atoms with E-state index in [2.05, 4.69) is 4.74 Å². The smallest absolute Gasteiger partial charge is 0.330 e. The molecule has 56 valence electrons. The predicted molar refractivity (Wildman–Crippen MR) is 36.5 cm³/mol. The molecule has 0 saturated carbocycles. The Morgan fingerprint density at radius 2 is 2.10 bits per heavy atom. The largest absolute Gasteiger partial charge is 0.455 e. The Bertz CT molecular complexity index is 158. The van der Waals surface area contributed by atoms with Crippen molar-refractivity contribution in [1.82, 2.24) is 0 Å². The normalized spacial score (nSPS) is 9.80. The molecule has 0 N–H and O–H groups in total. The standard InChI is InChI=1S/C7H10O3/c1-3-4-7(9)10-5-6(2)8/h3-4H,5H2,1-2H3/b4-3+. The summed E-state index contributed by atoms with van der Waals surface area (Å²) in [5.41, 5.74) is 0. The molecule has 0 spiro atoms. The van der Waals surface area contributed by atoms with Crippen molar-refractivity contribution in [2.24, 2.45) is 0 Å². The molecule has 10 heavy (non-hydrogen) atoms. The highest BCUT2D eigenvalue weighted by molar-refractivity contribution is 5.85. The number of carbonyl (C=O) groups is 2.